The smallest absolute Gasteiger partial charge is 0.140 e. The predicted molar refractivity (Wildman–Crippen MR) is 92.1 cm³/mol. The SMILES string of the molecule is N#Cc1cc(C2CC(O)(c3cccc(N4CCOCC4)n3)C2)ccn1. The number of hydrogen-bond donors (Lipinski definition) is 1. The topological polar surface area (TPSA) is 82.3 Å². The number of nitriles is 1. The first-order chi connectivity index (χ1) is 12.2. The summed E-state index contributed by atoms with van der Waals surface area (Å²) in [6.45, 7) is 3.07. The fourth-order valence-corrected chi connectivity index (χ4v) is 3.61. The highest BCUT2D eigenvalue weighted by atomic mass is 16.5. The van der Waals surface area contributed by atoms with Gasteiger partial charge >= 0.3 is 0 Å². The Morgan fingerprint density at radius 3 is 2.80 bits per heavy atom. The summed E-state index contributed by atoms with van der Waals surface area (Å²) in [6.07, 6.45) is 2.88. The second-order valence-electron chi connectivity index (χ2n) is 6.70. The molecule has 0 bridgehead atoms. The summed E-state index contributed by atoms with van der Waals surface area (Å²) in [6, 6.07) is 11.6. The van der Waals surface area contributed by atoms with Gasteiger partial charge in [-0.1, -0.05) is 6.07 Å². The molecule has 25 heavy (non-hydrogen) atoms. The Hall–Kier alpha value is -2.49. The molecule has 1 saturated carbocycles. The molecule has 3 heterocycles. The van der Waals surface area contributed by atoms with Gasteiger partial charge in [-0.15, -0.1) is 0 Å². The second kappa shape index (κ2) is 6.43. The number of hydrogen-bond acceptors (Lipinski definition) is 6. The van der Waals surface area contributed by atoms with Crippen LogP contribution in [0.1, 0.15) is 35.7 Å². The highest BCUT2D eigenvalue weighted by Crippen LogP contribution is 2.50. The summed E-state index contributed by atoms with van der Waals surface area (Å²) in [4.78, 5) is 10.9. The average molecular weight is 336 g/mol. The maximum absolute atomic E-state index is 11.0. The summed E-state index contributed by atoms with van der Waals surface area (Å²) in [7, 11) is 0. The van der Waals surface area contributed by atoms with Crippen molar-refractivity contribution in [2.75, 3.05) is 31.2 Å². The Bertz CT molecular complexity index is 805. The summed E-state index contributed by atoms with van der Waals surface area (Å²) in [5.41, 5.74) is 1.30. The maximum Gasteiger partial charge on any atom is 0.140 e. The largest absolute Gasteiger partial charge is 0.384 e. The number of pyridine rings is 2. The number of morpholine rings is 1. The second-order valence-corrected chi connectivity index (χ2v) is 6.70. The molecule has 1 N–H and O–H groups in total. The van der Waals surface area contributed by atoms with E-state index in [1.165, 1.54) is 0 Å². The lowest BCUT2D eigenvalue weighted by Gasteiger charge is -2.43. The van der Waals surface area contributed by atoms with Crippen LogP contribution in [0.3, 0.4) is 0 Å². The molecule has 1 saturated heterocycles. The van der Waals surface area contributed by atoms with E-state index < -0.39 is 5.60 Å². The molecule has 0 unspecified atom stereocenters. The van der Waals surface area contributed by atoms with E-state index in [0.29, 0.717) is 31.7 Å². The van der Waals surface area contributed by atoms with Crippen molar-refractivity contribution in [3.05, 3.63) is 53.5 Å². The van der Waals surface area contributed by atoms with E-state index >= 15 is 0 Å². The fourth-order valence-electron chi connectivity index (χ4n) is 3.61. The lowest BCUT2D eigenvalue weighted by Crippen LogP contribution is -2.41. The van der Waals surface area contributed by atoms with Crippen molar-refractivity contribution in [1.82, 2.24) is 9.97 Å². The number of ether oxygens (including phenoxy) is 1. The normalized spacial score (nSPS) is 25.9. The van der Waals surface area contributed by atoms with Crippen molar-refractivity contribution >= 4 is 5.82 Å². The molecule has 0 spiro atoms. The molecule has 0 amide bonds. The molecule has 2 aromatic heterocycles. The average Bonchev–Trinajstić information content (AvgIpc) is 2.66. The van der Waals surface area contributed by atoms with Gasteiger partial charge in [0, 0.05) is 19.3 Å². The van der Waals surface area contributed by atoms with E-state index in [4.69, 9.17) is 15.0 Å². The van der Waals surface area contributed by atoms with Gasteiger partial charge in [0.2, 0.25) is 0 Å². The standard InChI is InChI=1S/C19H20N4O2/c20-13-16-10-14(4-5-21-16)15-11-19(24,12-15)17-2-1-3-18(22-17)23-6-8-25-9-7-23/h1-5,10,15,24H,6-9,11-12H2. The van der Waals surface area contributed by atoms with Gasteiger partial charge in [-0.2, -0.15) is 5.26 Å². The summed E-state index contributed by atoms with van der Waals surface area (Å²) in [5.74, 6) is 1.13. The van der Waals surface area contributed by atoms with Gasteiger partial charge in [0.15, 0.2) is 0 Å². The zero-order valence-electron chi connectivity index (χ0n) is 13.9. The molecular formula is C19H20N4O2. The van der Waals surface area contributed by atoms with Gasteiger partial charge in [-0.25, -0.2) is 9.97 Å². The van der Waals surface area contributed by atoms with Crippen molar-refractivity contribution in [3.63, 3.8) is 0 Å². The number of rotatable bonds is 3. The highest BCUT2D eigenvalue weighted by Gasteiger charge is 2.46. The number of aromatic nitrogens is 2. The third-order valence-corrected chi connectivity index (χ3v) is 5.08. The molecule has 0 radical (unpaired) electrons. The maximum atomic E-state index is 11.0. The summed E-state index contributed by atoms with van der Waals surface area (Å²) < 4.78 is 5.39. The quantitative estimate of drug-likeness (QED) is 0.922. The Morgan fingerprint density at radius 2 is 2.04 bits per heavy atom. The van der Waals surface area contributed by atoms with Gasteiger partial charge in [0.05, 0.1) is 18.9 Å². The fraction of sp³-hybridized carbons (Fsp3) is 0.421. The van der Waals surface area contributed by atoms with Crippen LogP contribution in [-0.2, 0) is 10.3 Å². The highest BCUT2D eigenvalue weighted by molar-refractivity contribution is 5.42. The molecule has 4 rings (SSSR count). The van der Waals surface area contributed by atoms with E-state index in [1.54, 1.807) is 6.20 Å². The first-order valence-electron chi connectivity index (χ1n) is 8.57. The summed E-state index contributed by atoms with van der Waals surface area (Å²) in [5, 5.41) is 20.0. The van der Waals surface area contributed by atoms with Crippen molar-refractivity contribution in [2.24, 2.45) is 0 Å². The van der Waals surface area contributed by atoms with Gasteiger partial charge in [-0.3, -0.25) is 0 Å². The molecule has 0 atom stereocenters. The Labute approximate surface area is 146 Å². The van der Waals surface area contributed by atoms with Gasteiger partial charge in [0.1, 0.15) is 23.2 Å². The minimum atomic E-state index is -0.900. The molecule has 0 aromatic carbocycles. The van der Waals surface area contributed by atoms with Gasteiger partial charge < -0.3 is 14.7 Å². The van der Waals surface area contributed by atoms with E-state index in [0.717, 1.165) is 30.2 Å². The minimum Gasteiger partial charge on any atom is -0.384 e. The third-order valence-electron chi connectivity index (χ3n) is 5.08. The molecule has 1 aliphatic heterocycles. The number of aliphatic hydroxyl groups is 1. The van der Waals surface area contributed by atoms with Crippen LogP contribution in [0.4, 0.5) is 5.82 Å². The Balaban J connectivity index is 1.50. The first kappa shape index (κ1) is 16.0. The van der Waals surface area contributed by atoms with Crippen LogP contribution in [0, 0.1) is 11.3 Å². The molecule has 6 heteroatoms. The third kappa shape index (κ3) is 3.09. The molecule has 2 aromatic rings. The monoisotopic (exact) mass is 336 g/mol. The van der Waals surface area contributed by atoms with Gasteiger partial charge in [0.25, 0.3) is 0 Å². The predicted octanol–water partition coefficient (Wildman–Crippen LogP) is 1.95. The lowest BCUT2D eigenvalue weighted by molar-refractivity contribution is -0.0586. The van der Waals surface area contributed by atoms with Crippen LogP contribution in [-0.4, -0.2) is 41.4 Å². The van der Waals surface area contributed by atoms with Crippen LogP contribution < -0.4 is 4.90 Å². The van der Waals surface area contributed by atoms with Crippen molar-refractivity contribution in [2.45, 2.75) is 24.4 Å². The lowest BCUT2D eigenvalue weighted by atomic mass is 9.66. The van der Waals surface area contributed by atoms with Crippen LogP contribution >= 0.6 is 0 Å². The van der Waals surface area contributed by atoms with Gasteiger partial charge in [-0.05, 0) is 48.6 Å². The first-order valence-corrected chi connectivity index (χ1v) is 8.57. The van der Waals surface area contributed by atoms with Crippen LogP contribution in [0.15, 0.2) is 36.5 Å². The molecular weight excluding hydrogens is 316 g/mol. The molecule has 1 aliphatic carbocycles. The molecule has 2 aliphatic rings. The Kier molecular flexibility index (Phi) is 4.12. The molecule has 6 nitrogen and oxygen atoms in total. The zero-order chi connectivity index (χ0) is 17.3. The molecule has 2 fully saturated rings. The van der Waals surface area contributed by atoms with E-state index in [9.17, 15) is 5.11 Å². The van der Waals surface area contributed by atoms with Crippen LogP contribution in [0.25, 0.3) is 0 Å². The Morgan fingerprint density at radius 1 is 1.24 bits per heavy atom. The van der Waals surface area contributed by atoms with E-state index in [1.807, 2.05) is 30.3 Å². The van der Waals surface area contributed by atoms with Crippen LogP contribution in [0.2, 0.25) is 0 Å². The van der Waals surface area contributed by atoms with E-state index in [-0.39, 0.29) is 5.92 Å². The number of anilines is 1. The number of nitrogens with zero attached hydrogens (tertiary/aromatic N) is 4. The zero-order valence-corrected chi connectivity index (χ0v) is 13.9. The minimum absolute atomic E-state index is 0.231. The van der Waals surface area contributed by atoms with E-state index in [2.05, 4.69) is 16.0 Å². The van der Waals surface area contributed by atoms with Crippen molar-refractivity contribution in [1.29, 1.82) is 5.26 Å². The van der Waals surface area contributed by atoms with Crippen molar-refractivity contribution in [3.8, 4) is 6.07 Å². The van der Waals surface area contributed by atoms with Crippen molar-refractivity contribution < 1.29 is 9.84 Å². The molecule has 128 valence electrons. The summed E-state index contributed by atoms with van der Waals surface area (Å²) >= 11 is 0. The van der Waals surface area contributed by atoms with Crippen LogP contribution in [0.5, 0.6) is 0 Å².